The van der Waals surface area contributed by atoms with Crippen molar-refractivity contribution < 1.29 is 42.9 Å². The first kappa shape index (κ1) is 39.7. The van der Waals surface area contributed by atoms with Crippen LogP contribution in [0, 0.1) is 28.6 Å². The van der Waals surface area contributed by atoms with Gasteiger partial charge in [-0.3, -0.25) is 19.4 Å². The molecule has 54 heavy (non-hydrogen) atoms. The molecule has 6 rings (SSSR count). The van der Waals surface area contributed by atoms with Gasteiger partial charge in [-0.2, -0.15) is 0 Å². The Kier molecular flexibility index (Phi) is 11.8. The quantitative estimate of drug-likeness (QED) is 0.0609. The van der Waals surface area contributed by atoms with Gasteiger partial charge in [0.25, 0.3) is 0 Å². The van der Waals surface area contributed by atoms with Crippen molar-refractivity contribution >= 4 is 29.8 Å². The fourth-order valence-corrected chi connectivity index (χ4v) is 11.4. The van der Waals surface area contributed by atoms with Crippen molar-refractivity contribution in [3.63, 3.8) is 0 Å². The SMILES string of the molecule is CC(=O)O[C@@H]1[C@H]2O[C@]23[C@@H]2CC[C@@H]4C[C@@H](OC(=O)CCCCCCC(=O)N[C@@H](CCCN=C(N)N)C(=O)O)CC[C@]4(C)[C@H]2CC[C@]3(C)[C@H]1c1ccc(=O)oc1. The predicted molar refractivity (Wildman–Crippen MR) is 197 cm³/mol. The lowest BCUT2D eigenvalue weighted by Crippen LogP contribution is -2.58. The maximum absolute atomic E-state index is 12.9. The van der Waals surface area contributed by atoms with E-state index in [2.05, 4.69) is 24.2 Å². The first-order valence-electron chi connectivity index (χ1n) is 19.9. The predicted octanol–water partition coefficient (Wildman–Crippen LogP) is 4.31. The van der Waals surface area contributed by atoms with E-state index >= 15 is 0 Å². The number of carboxylic acids is 1. The summed E-state index contributed by atoms with van der Waals surface area (Å²) in [5, 5.41) is 12.0. The molecule has 1 aromatic heterocycles. The largest absolute Gasteiger partial charge is 0.480 e. The number of carbonyl (C=O) groups is 4. The first-order chi connectivity index (χ1) is 25.7. The number of aliphatic carboxylic acids is 1. The molecule has 0 radical (unpaired) electrons. The zero-order chi connectivity index (χ0) is 38.8. The minimum absolute atomic E-state index is 0.0556. The van der Waals surface area contributed by atoms with E-state index in [0.717, 1.165) is 63.4 Å². The van der Waals surface area contributed by atoms with Crippen LogP contribution in [0.5, 0.6) is 0 Å². The lowest BCUT2D eigenvalue weighted by Gasteiger charge is -2.61. The molecule has 298 valence electrons. The Balaban J connectivity index is 0.952. The summed E-state index contributed by atoms with van der Waals surface area (Å²) >= 11 is 0. The number of aliphatic imine (C=N–C) groups is 1. The number of nitrogens with zero attached hydrogens (tertiary/aromatic N) is 1. The monoisotopic (exact) mass is 754 g/mol. The van der Waals surface area contributed by atoms with Gasteiger partial charge in [0.05, 0.1) is 6.26 Å². The van der Waals surface area contributed by atoms with Crippen LogP contribution in [0.1, 0.15) is 129 Å². The van der Waals surface area contributed by atoms with E-state index in [9.17, 15) is 29.1 Å². The number of nitrogens with one attached hydrogen (secondary N) is 1. The summed E-state index contributed by atoms with van der Waals surface area (Å²) in [7, 11) is 0. The molecule has 2 heterocycles. The van der Waals surface area contributed by atoms with Crippen LogP contribution >= 0.6 is 0 Å². The van der Waals surface area contributed by atoms with E-state index in [-0.39, 0.29) is 65.6 Å². The van der Waals surface area contributed by atoms with Crippen molar-refractivity contribution in [2.45, 2.75) is 153 Å². The number of guanidine groups is 1. The summed E-state index contributed by atoms with van der Waals surface area (Å²) in [4.78, 5) is 64.7. The number of amides is 1. The zero-order valence-corrected chi connectivity index (χ0v) is 31.9. The van der Waals surface area contributed by atoms with Crippen molar-refractivity contribution in [3.8, 4) is 0 Å². The van der Waals surface area contributed by atoms with E-state index in [1.807, 2.05) is 6.07 Å². The lowest BCUT2D eigenvalue weighted by atomic mass is 9.44. The molecule has 5 fully saturated rings. The van der Waals surface area contributed by atoms with Gasteiger partial charge in [0, 0.05) is 43.7 Å². The van der Waals surface area contributed by atoms with Crippen LogP contribution in [0.3, 0.4) is 0 Å². The average molecular weight is 755 g/mol. The van der Waals surface area contributed by atoms with Crippen molar-refractivity contribution in [3.05, 3.63) is 34.4 Å². The summed E-state index contributed by atoms with van der Waals surface area (Å²) in [5.74, 6) is -0.874. The number of carboxylic acid groups (broad SMARTS) is 1. The summed E-state index contributed by atoms with van der Waals surface area (Å²) in [6.45, 7) is 6.45. The smallest absolute Gasteiger partial charge is 0.335 e. The van der Waals surface area contributed by atoms with Crippen LogP contribution < -0.4 is 22.4 Å². The molecule has 5 aliphatic rings. The Morgan fingerprint density at radius 2 is 1.74 bits per heavy atom. The zero-order valence-electron chi connectivity index (χ0n) is 31.9. The minimum atomic E-state index is -1.09. The summed E-state index contributed by atoms with van der Waals surface area (Å²) in [6.07, 6.45) is 11.5. The lowest BCUT2D eigenvalue weighted by molar-refractivity contribution is -0.168. The highest BCUT2D eigenvalue weighted by atomic mass is 16.7. The van der Waals surface area contributed by atoms with E-state index in [0.29, 0.717) is 50.0 Å². The molecule has 1 amide bonds. The van der Waals surface area contributed by atoms with Crippen LogP contribution in [0.25, 0.3) is 0 Å². The van der Waals surface area contributed by atoms with Crippen molar-refractivity contribution in [2.24, 2.45) is 45.0 Å². The van der Waals surface area contributed by atoms with Gasteiger partial charge >= 0.3 is 23.5 Å². The summed E-state index contributed by atoms with van der Waals surface area (Å²) in [6, 6.07) is 2.27. The second-order valence-corrected chi connectivity index (χ2v) is 16.9. The second-order valence-electron chi connectivity index (χ2n) is 16.9. The molecule has 1 saturated heterocycles. The standard InChI is InChI=1S/C40H58N4O10/c1-23(45)52-34-33(24-12-15-31(47)51-22-24)39(3)19-17-27-28(40(39)35(34)54-40)14-13-25-21-26(16-18-38(25,27)2)53-32(48)11-7-5-4-6-10-30(46)44-29(36(49)50)9-8-20-43-37(41)42/h12,15,22,25-29,33-35H,4-11,13-14,16-21H2,1-3H3,(H,44,46)(H,49,50)(H4,41,42,43)/t25-,26+,27+,28-,29+,33+,34+,35-,38+,39-,40-/m1/s1. The Labute approximate surface area is 316 Å². The normalized spacial score (nSPS) is 35.2. The molecular weight excluding hydrogens is 696 g/mol. The number of fused-ring (bicyclic) bond motifs is 3. The molecule has 4 saturated carbocycles. The molecule has 6 N–H and O–H groups in total. The summed E-state index contributed by atoms with van der Waals surface area (Å²) in [5.41, 5.74) is 10.5. The highest BCUT2D eigenvalue weighted by Crippen LogP contribution is 2.78. The number of esters is 2. The molecule has 4 aliphatic carbocycles. The molecule has 11 atom stereocenters. The van der Waals surface area contributed by atoms with Gasteiger partial charge in [-0.25, -0.2) is 9.59 Å². The van der Waals surface area contributed by atoms with Gasteiger partial charge in [-0.05, 0) is 105 Å². The van der Waals surface area contributed by atoms with Crippen LogP contribution in [0.15, 0.2) is 32.6 Å². The number of unbranched alkanes of at least 4 members (excludes halogenated alkanes) is 3. The molecule has 1 aromatic rings. The van der Waals surface area contributed by atoms with Gasteiger partial charge in [-0.15, -0.1) is 0 Å². The number of hydrogen-bond acceptors (Lipinski definition) is 10. The van der Waals surface area contributed by atoms with Crippen molar-refractivity contribution in [1.82, 2.24) is 5.32 Å². The number of carbonyl (C=O) groups excluding carboxylic acids is 3. The highest BCUT2D eigenvalue weighted by Gasteiger charge is 2.84. The summed E-state index contributed by atoms with van der Waals surface area (Å²) < 4.78 is 24.1. The van der Waals surface area contributed by atoms with Crippen molar-refractivity contribution in [2.75, 3.05) is 6.54 Å². The molecule has 0 bridgehead atoms. The molecule has 14 nitrogen and oxygen atoms in total. The maximum atomic E-state index is 12.9. The van der Waals surface area contributed by atoms with E-state index in [1.54, 1.807) is 0 Å². The Hall–Kier alpha value is -3.94. The minimum Gasteiger partial charge on any atom is -0.480 e. The number of nitrogens with two attached hydrogens (primary N) is 2. The third kappa shape index (κ3) is 7.77. The number of rotatable bonds is 16. The van der Waals surface area contributed by atoms with Crippen molar-refractivity contribution in [1.29, 1.82) is 0 Å². The molecular formula is C40H58N4O10. The third-order valence-electron chi connectivity index (χ3n) is 13.9. The number of epoxide rings is 1. The van der Waals surface area contributed by atoms with Crippen LogP contribution in [-0.4, -0.2) is 71.4 Å². The van der Waals surface area contributed by atoms with Crippen LogP contribution in [-0.2, 0) is 33.4 Å². The fourth-order valence-electron chi connectivity index (χ4n) is 11.4. The third-order valence-corrected chi connectivity index (χ3v) is 13.9. The van der Waals surface area contributed by atoms with Crippen LogP contribution in [0.2, 0.25) is 0 Å². The number of hydrogen-bond donors (Lipinski definition) is 4. The Bertz CT molecular complexity index is 1640. The van der Waals surface area contributed by atoms with E-state index in [1.165, 1.54) is 19.3 Å². The molecule has 1 spiro atoms. The molecule has 0 aromatic carbocycles. The topological polar surface area (TPSA) is 226 Å². The van der Waals surface area contributed by atoms with Crippen LogP contribution in [0.4, 0.5) is 0 Å². The molecule has 0 unspecified atom stereocenters. The van der Waals surface area contributed by atoms with Gasteiger partial charge in [0.2, 0.25) is 5.91 Å². The Morgan fingerprint density at radius 1 is 0.981 bits per heavy atom. The van der Waals surface area contributed by atoms with E-state index in [4.69, 9.17) is 30.1 Å². The first-order valence-corrected chi connectivity index (χ1v) is 19.9. The molecule has 1 aliphatic heterocycles. The number of ether oxygens (including phenoxy) is 3. The van der Waals surface area contributed by atoms with Gasteiger partial charge < -0.3 is 40.5 Å². The fraction of sp³-hybridized carbons (Fsp3) is 0.750. The highest BCUT2D eigenvalue weighted by molar-refractivity contribution is 5.83. The Morgan fingerprint density at radius 3 is 2.43 bits per heavy atom. The van der Waals surface area contributed by atoms with E-state index < -0.39 is 29.3 Å². The van der Waals surface area contributed by atoms with Gasteiger partial charge in [0.15, 0.2) is 5.96 Å². The van der Waals surface area contributed by atoms with Gasteiger partial charge in [-0.1, -0.05) is 26.7 Å². The second kappa shape index (κ2) is 16.0. The average Bonchev–Trinajstić information content (AvgIpc) is 3.82. The molecule has 14 heteroatoms. The van der Waals surface area contributed by atoms with Gasteiger partial charge in [0.1, 0.15) is 30.0 Å². The maximum Gasteiger partial charge on any atom is 0.335 e.